The smallest absolute Gasteiger partial charge is 0.184 e. The summed E-state index contributed by atoms with van der Waals surface area (Å²) in [5, 5.41) is 0.0491. The normalized spacial score (nSPS) is 12.2. The van der Waals surface area contributed by atoms with Crippen LogP contribution in [0.1, 0.15) is 18.9 Å². The largest absolute Gasteiger partial charge is 0.454 e. The molecule has 1 atom stereocenters. The van der Waals surface area contributed by atoms with E-state index in [-0.39, 0.29) is 16.8 Å². The first-order valence-electron chi connectivity index (χ1n) is 6.56. The first-order valence-corrected chi connectivity index (χ1v) is 6.94. The summed E-state index contributed by atoms with van der Waals surface area (Å²) in [5.74, 6) is 0.141. The second kappa shape index (κ2) is 6.73. The van der Waals surface area contributed by atoms with E-state index in [4.69, 9.17) is 22.1 Å². The van der Waals surface area contributed by atoms with Gasteiger partial charge in [-0.15, -0.1) is 0 Å². The van der Waals surface area contributed by atoms with Gasteiger partial charge in [-0.2, -0.15) is 0 Å². The second-order valence-electron chi connectivity index (χ2n) is 4.67. The average Bonchev–Trinajstić information content (AvgIpc) is 2.46. The van der Waals surface area contributed by atoms with E-state index >= 15 is 0 Å². The summed E-state index contributed by atoms with van der Waals surface area (Å²) in [4.78, 5) is 0. The molecule has 2 nitrogen and oxygen atoms in total. The Bertz CT molecular complexity index is 571. The fourth-order valence-electron chi connectivity index (χ4n) is 1.83. The highest BCUT2D eigenvalue weighted by molar-refractivity contribution is 6.30. The van der Waals surface area contributed by atoms with E-state index in [2.05, 4.69) is 6.92 Å². The lowest BCUT2D eigenvalue weighted by atomic mass is 10.0. The molecule has 2 aromatic rings. The molecule has 0 amide bonds. The van der Waals surface area contributed by atoms with Gasteiger partial charge >= 0.3 is 0 Å². The van der Waals surface area contributed by atoms with Crippen LogP contribution in [-0.4, -0.2) is 6.04 Å². The van der Waals surface area contributed by atoms with E-state index in [0.29, 0.717) is 5.75 Å². The van der Waals surface area contributed by atoms with E-state index in [1.165, 1.54) is 6.07 Å². The summed E-state index contributed by atoms with van der Waals surface area (Å²) < 4.78 is 19.2. The summed E-state index contributed by atoms with van der Waals surface area (Å²) in [7, 11) is 0. The molecule has 0 radical (unpaired) electrons. The zero-order valence-corrected chi connectivity index (χ0v) is 12.0. The van der Waals surface area contributed by atoms with Crippen molar-refractivity contribution < 1.29 is 9.13 Å². The van der Waals surface area contributed by atoms with E-state index < -0.39 is 5.82 Å². The molecule has 2 rings (SSSR count). The van der Waals surface area contributed by atoms with Crippen LogP contribution in [0.4, 0.5) is 4.39 Å². The van der Waals surface area contributed by atoms with Crippen LogP contribution in [0.2, 0.25) is 5.02 Å². The maximum absolute atomic E-state index is 13.7. The zero-order chi connectivity index (χ0) is 14.5. The Labute approximate surface area is 123 Å². The van der Waals surface area contributed by atoms with Crippen LogP contribution >= 0.6 is 11.6 Å². The first-order chi connectivity index (χ1) is 9.60. The van der Waals surface area contributed by atoms with Gasteiger partial charge in [0.1, 0.15) is 5.75 Å². The van der Waals surface area contributed by atoms with Crippen molar-refractivity contribution >= 4 is 11.6 Å². The molecule has 0 spiro atoms. The van der Waals surface area contributed by atoms with E-state index in [1.54, 1.807) is 24.3 Å². The quantitative estimate of drug-likeness (QED) is 0.877. The van der Waals surface area contributed by atoms with Crippen LogP contribution in [0.3, 0.4) is 0 Å². The molecular formula is C16H17ClFNO. The fourth-order valence-corrected chi connectivity index (χ4v) is 2.00. The molecule has 20 heavy (non-hydrogen) atoms. The van der Waals surface area contributed by atoms with Gasteiger partial charge in [0.2, 0.25) is 0 Å². The Morgan fingerprint density at radius 2 is 1.90 bits per heavy atom. The van der Waals surface area contributed by atoms with Crippen molar-refractivity contribution in [3.63, 3.8) is 0 Å². The number of hydrogen-bond acceptors (Lipinski definition) is 2. The van der Waals surface area contributed by atoms with Gasteiger partial charge in [-0.25, -0.2) is 4.39 Å². The number of nitrogens with two attached hydrogens (primary N) is 1. The van der Waals surface area contributed by atoms with E-state index in [9.17, 15) is 4.39 Å². The van der Waals surface area contributed by atoms with Crippen LogP contribution in [0.15, 0.2) is 42.5 Å². The Kier molecular flexibility index (Phi) is 4.99. The van der Waals surface area contributed by atoms with Crippen LogP contribution in [0.25, 0.3) is 0 Å². The molecule has 0 aliphatic carbocycles. The van der Waals surface area contributed by atoms with Gasteiger partial charge in [0, 0.05) is 6.04 Å². The minimum absolute atomic E-state index is 0.0491. The summed E-state index contributed by atoms with van der Waals surface area (Å²) in [6, 6.07) is 12.3. The molecule has 0 aliphatic rings. The number of ether oxygens (including phenoxy) is 1. The highest BCUT2D eigenvalue weighted by Gasteiger charge is 2.08. The van der Waals surface area contributed by atoms with E-state index in [0.717, 1.165) is 18.4 Å². The third kappa shape index (κ3) is 3.71. The van der Waals surface area contributed by atoms with Crippen molar-refractivity contribution in [2.75, 3.05) is 0 Å². The minimum atomic E-state index is -0.550. The summed E-state index contributed by atoms with van der Waals surface area (Å²) in [6.45, 7) is 2.06. The fraction of sp³-hybridized carbons (Fsp3) is 0.250. The maximum Gasteiger partial charge on any atom is 0.184 e. The van der Waals surface area contributed by atoms with Gasteiger partial charge < -0.3 is 10.5 Å². The lowest BCUT2D eigenvalue weighted by Crippen LogP contribution is -2.21. The van der Waals surface area contributed by atoms with Gasteiger partial charge in [0.25, 0.3) is 0 Å². The predicted octanol–water partition coefficient (Wildman–Crippen LogP) is 4.55. The SMILES string of the molecule is CCC(N)Cc1ccc(Oc2cccc(Cl)c2F)cc1. The average molecular weight is 294 g/mol. The number of rotatable bonds is 5. The molecule has 2 aromatic carbocycles. The Morgan fingerprint density at radius 3 is 2.55 bits per heavy atom. The molecule has 0 saturated heterocycles. The van der Waals surface area contributed by atoms with Crippen molar-refractivity contribution in [2.24, 2.45) is 5.73 Å². The first kappa shape index (κ1) is 14.8. The number of halogens is 2. The van der Waals surface area contributed by atoms with Gasteiger partial charge in [-0.3, -0.25) is 0 Å². The summed E-state index contributed by atoms with van der Waals surface area (Å²) in [6.07, 6.45) is 1.76. The standard InChI is InChI=1S/C16H17ClFNO/c1-2-12(19)10-11-6-8-13(9-7-11)20-15-5-3-4-14(17)16(15)18/h3-9,12H,2,10,19H2,1H3. The topological polar surface area (TPSA) is 35.2 Å². The van der Waals surface area contributed by atoms with E-state index in [1.807, 2.05) is 12.1 Å². The Balaban J connectivity index is 2.09. The molecule has 1 unspecified atom stereocenters. The zero-order valence-electron chi connectivity index (χ0n) is 11.3. The number of benzene rings is 2. The molecule has 0 bridgehead atoms. The van der Waals surface area contributed by atoms with Gasteiger partial charge in [0.15, 0.2) is 11.6 Å². The number of hydrogen-bond donors (Lipinski definition) is 1. The minimum Gasteiger partial charge on any atom is -0.454 e. The highest BCUT2D eigenvalue weighted by Crippen LogP contribution is 2.28. The van der Waals surface area contributed by atoms with Crippen molar-refractivity contribution in [3.05, 3.63) is 58.9 Å². The van der Waals surface area contributed by atoms with Crippen LogP contribution in [0.5, 0.6) is 11.5 Å². The van der Waals surface area contributed by atoms with Crippen LogP contribution < -0.4 is 10.5 Å². The molecule has 0 aliphatic heterocycles. The summed E-state index contributed by atoms with van der Waals surface area (Å²) in [5.41, 5.74) is 7.04. The van der Waals surface area contributed by atoms with Gasteiger partial charge in [-0.05, 0) is 42.7 Å². The van der Waals surface area contributed by atoms with Crippen molar-refractivity contribution in [3.8, 4) is 11.5 Å². The Hall–Kier alpha value is -1.58. The van der Waals surface area contributed by atoms with Gasteiger partial charge in [0.05, 0.1) is 5.02 Å². The van der Waals surface area contributed by atoms with Crippen LogP contribution in [-0.2, 0) is 6.42 Å². The lowest BCUT2D eigenvalue weighted by Gasteiger charge is -2.10. The third-order valence-corrected chi connectivity index (χ3v) is 3.38. The van der Waals surface area contributed by atoms with Crippen LogP contribution in [0, 0.1) is 5.82 Å². The molecule has 106 valence electrons. The summed E-state index contributed by atoms with van der Waals surface area (Å²) >= 11 is 5.71. The molecule has 2 N–H and O–H groups in total. The predicted molar refractivity (Wildman–Crippen MR) is 79.9 cm³/mol. The molecule has 0 saturated carbocycles. The third-order valence-electron chi connectivity index (χ3n) is 3.09. The van der Waals surface area contributed by atoms with Crippen molar-refractivity contribution in [2.45, 2.75) is 25.8 Å². The van der Waals surface area contributed by atoms with Crippen molar-refractivity contribution in [1.29, 1.82) is 0 Å². The molecule has 0 heterocycles. The van der Waals surface area contributed by atoms with Gasteiger partial charge in [-0.1, -0.05) is 36.7 Å². The second-order valence-corrected chi connectivity index (χ2v) is 5.08. The lowest BCUT2D eigenvalue weighted by molar-refractivity contribution is 0.442. The Morgan fingerprint density at radius 1 is 1.20 bits per heavy atom. The molecular weight excluding hydrogens is 277 g/mol. The highest BCUT2D eigenvalue weighted by atomic mass is 35.5. The molecule has 0 fully saturated rings. The van der Waals surface area contributed by atoms with Crippen molar-refractivity contribution in [1.82, 2.24) is 0 Å². The molecule has 0 aromatic heterocycles. The maximum atomic E-state index is 13.7. The molecule has 4 heteroatoms. The monoisotopic (exact) mass is 293 g/mol.